The van der Waals surface area contributed by atoms with Crippen molar-refractivity contribution in [2.24, 2.45) is 0 Å². The van der Waals surface area contributed by atoms with Crippen molar-refractivity contribution in [1.82, 2.24) is 4.90 Å². The zero-order valence-electron chi connectivity index (χ0n) is 11.5. The molecule has 1 aliphatic carbocycles. The van der Waals surface area contributed by atoms with Gasteiger partial charge in [0.2, 0.25) is 0 Å². The molecule has 0 bridgehead atoms. The zero-order valence-corrected chi connectivity index (χ0v) is 12.3. The van der Waals surface area contributed by atoms with Crippen molar-refractivity contribution in [3.05, 3.63) is 51.7 Å². The van der Waals surface area contributed by atoms with Gasteiger partial charge in [0.1, 0.15) is 0 Å². The third kappa shape index (κ3) is 2.56. The fourth-order valence-corrected chi connectivity index (χ4v) is 3.17. The van der Waals surface area contributed by atoms with Gasteiger partial charge in [0, 0.05) is 23.7 Å². The van der Waals surface area contributed by atoms with Crippen LogP contribution in [0.3, 0.4) is 0 Å². The number of benzene rings is 1. The lowest BCUT2D eigenvalue weighted by atomic mass is 10.1. The van der Waals surface area contributed by atoms with E-state index in [1.54, 1.807) is 11.3 Å². The van der Waals surface area contributed by atoms with Crippen LogP contribution in [0.25, 0.3) is 0 Å². The summed E-state index contributed by atoms with van der Waals surface area (Å²) in [6.45, 7) is 2.59. The highest BCUT2D eigenvalue weighted by atomic mass is 32.1. The Morgan fingerprint density at radius 3 is 2.70 bits per heavy atom. The molecule has 1 aliphatic rings. The molecule has 3 nitrogen and oxygen atoms in total. The number of nitrogens with zero attached hydrogens (tertiary/aromatic N) is 1. The van der Waals surface area contributed by atoms with Crippen LogP contribution in [0.2, 0.25) is 0 Å². The van der Waals surface area contributed by atoms with Crippen LogP contribution in [0.4, 0.5) is 5.69 Å². The van der Waals surface area contributed by atoms with E-state index in [1.165, 1.54) is 0 Å². The first kappa shape index (κ1) is 13.2. The first-order valence-electron chi connectivity index (χ1n) is 6.84. The number of nitrogens with two attached hydrogens (primary N) is 1. The van der Waals surface area contributed by atoms with Crippen molar-refractivity contribution < 1.29 is 4.79 Å². The molecule has 0 atom stereocenters. The summed E-state index contributed by atoms with van der Waals surface area (Å²) in [4.78, 5) is 14.7. The van der Waals surface area contributed by atoms with Crippen LogP contribution in [0.1, 0.15) is 34.3 Å². The Morgan fingerprint density at radius 2 is 2.10 bits per heavy atom. The highest BCUT2D eigenvalue weighted by Crippen LogP contribution is 2.31. The van der Waals surface area contributed by atoms with E-state index in [0.29, 0.717) is 12.6 Å². The van der Waals surface area contributed by atoms with Crippen LogP contribution >= 0.6 is 11.3 Å². The molecule has 0 unspecified atom stereocenters. The molecular formula is C16H18N2OS. The maximum absolute atomic E-state index is 12.7. The van der Waals surface area contributed by atoms with Crippen molar-refractivity contribution in [3.63, 3.8) is 0 Å². The summed E-state index contributed by atoms with van der Waals surface area (Å²) in [5.74, 6) is 0.134. The molecule has 4 heteroatoms. The van der Waals surface area contributed by atoms with Crippen molar-refractivity contribution >= 4 is 22.9 Å². The number of hydrogen-bond donors (Lipinski definition) is 1. The summed E-state index contributed by atoms with van der Waals surface area (Å²) in [6, 6.07) is 8.16. The number of aryl methyl sites for hydroxylation is 1. The Morgan fingerprint density at radius 1 is 1.35 bits per heavy atom. The number of anilines is 1. The van der Waals surface area contributed by atoms with Gasteiger partial charge < -0.3 is 10.6 Å². The molecule has 0 aliphatic heterocycles. The van der Waals surface area contributed by atoms with Gasteiger partial charge in [0.15, 0.2) is 0 Å². The molecule has 20 heavy (non-hydrogen) atoms. The standard InChI is InChI=1S/C16H18N2OS/c1-11-9-20-10-14(11)16(19)18(13-6-7-13)8-12-4-2-3-5-15(12)17/h2-5,9-10,13H,6-8,17H2,1H3. The lowest BCUT2D eigenvalue weighted by Gasteiger charge is -2.23. The van der Waals surface area contributed by atoms with Gasteiger partial charge in [0.25, 0.3) is 5.91 Å². The molecular weight excluding hydrogens is 268 g/mol. The number of rotatable bonds is 4. The molecule has 1 aromatic heterocycles. The van der Waals surface area contributed by atoms with E-state index in [1.807, 2.05) is 46.8 Å². The Labute approximate surface area is 123 Å². The SMILES string of the molecule is Cc1cscc1C(=O)N(Cc1ccccc1N)C1CC1. The third-order valence-electron chi connectivity index (χ3n) is 3.73. The van der Waals surface area contributed by atoms with Gasteiger partial charge in [-0.3, -0.25) is 4.79 Å². The molecule has 2 N–H and O–H groups in total. The lowest BCUT2D eigenvalue weighted by Crippen LogP contribution is -2.33. The molecule has 0 saturated heterocycles. The average Bonchev–Trinajstić information content (AvgIpc) is 3.19. The van der Waals surface area contributed by atoms with Crippen LogP contribution in [0, 0.1) is 6.92 Å². The normalized spacial score (nSPS) is 14.2. The minimum absolute atomic E-state index is 0.134. The van der Waals surface area contributed by atoms with Crippen molar-refractivity contribution in [1.29, 1.82) is 0 Å². The van der Waals surface area contributed by atoms with Gasteiger partial charge in [-0.2, -0.15) is 11.3 Å². The van der Waals surface area contributed by atoms with Crippen LogP contribution in [0.15, 0.2) is 35.0 Å². The van der Waals surface area contributed by atoms with Crippen LogP contribution < -0.4 is 5.73 Å². The second-order valence-electron chi connectivity index (χ2n) is 5.33. The Hall–Kier alpha value is -1.81. The Kier molecular flexibility index (Phi) is 3.49. The fraction of sp³-hybridized carbons (Fsp3) is 0.312. The van der Waals surface area contributed by atoms with E-state index in [2.05, 4.69) is 0 Å². The van der Waals surface area contributed by atoms with Gasteiger partial charge in [-0.15, -0.1) is 0 Å². The summed E-state index contributed by atoms with van der Waals surface area (Å²) in [6.07, 6.45) is 2.20. The van der Waals surface area contributed by atoms with E-state index in [9.17, 15) is 4.79 Å². The molecule has 0 spiro atoms. The second kappa shape index (κ2) is 5.29. The average molecular weight is 286 g/mol. The van der Waals surface area contributed by atoms with E-state index < -0.39 is 0 Å². The monoisotopic (exact) mass is 286 g/mol. The molecule has 1 amide bonds. The summed E-state index contributed by atoms with van der Waals surface area (Å²) >= 11 is 1.58. The third-order valence-corrected chi connectivity index (χ3v) is 4.59. The molecule has 3 rings (SSSR count). The molecule has 1 heterocycles. The molecule has 1 aromatic carbocycles. The Bertz CT molecular complexity index is 631. The van der Waals surface area contributed by atoms with E-state index in [0.717, 1.165) is 35.2 Å². The quantitative estimate of drug-likeness (QED) is 0.875. The van der Waals surface area contributed by atoms with E-state index in [-0.39, 0.29) is 5.91 Å². The highest BCUT2D eigenvalue weighted by molar-refractivity contribution is 7.08. The predicted molar refractivity (Wildman–Crippen MR) is 82.8 cm³/mol. The Balaban J connectivity index is 1.85. The first-order chi connectivity index (χ1) is 9.66. The highest BCUT2D eigenvalue weighted by Gasteiger charge is 2.33. The van der Waals surface area contributed by atoms with Gasteiger partial charge in [-0.1, -0.05) is 18.2 Å². The fourth-order valence-electron chi connectivity index (χ4n) is 2.35. The van der Waals surface area contributed by atoms with Crippen molar-refractivity contribution in [2.45, 2.75) is 32.4 Å². The predicted octanol–water partition coefficient (Wildman–Crippen LogP) is 3.44. The molecule has 2 aromatic rings. The minimum Gasteiger partial charge on any atom is -0.398 e. The van der Waals surface area contributed by atoms with Crippen LogP contribution in [0.5, 0.6) is 0 Å². The first-order valence-corrected chi connectivity index (χ1v) is 7.78. The number of hydrogen-bond acceptors (Lipinski definition) is 3. The van der Waals surface area contributed by atoms with Gasteiger partial charge in [-0.05, 0) is 42.3 Å². The number of carbonyl (C=O) groups is 1. The summed E-state index contributed by atoms with van der Waals surface area (Å²) in [5, 5.41) is 3.97. The summed E-state index contributed by atoms with van der Waals surface area (Å²) in [7, 11) is 0. The van der Waals surface area contributed by atoms with Crippen LogP contribution in [-0.4, -0.2) is 16.8 Å². The minimum atomic E-state index is 0.134. The lowest BCUT2D eigenvalue weighted by molar-refractivity contribution is 0.0730. The van der Waals surface area contributed by atoms with E-state index >= 15 is 0 Å². The second-order valence-corrected chi connectivity index (χ2v) is 6.08. The number of nitrogen functional groups attached to an aromatic ring is 1. The smallest absolute Gasteiger partial charge is 0.255 e. The topological polar surface area (TPSA) is 46.3 Å². The number of para-hydroxylation sites is 1. The number of carbonyl (C=O) groups excluding carboxylic acids is 1. The molecule has 1 saturated carbocycles. The number of thiophene rings is 1. The largest absolute Gasteiger partial charge is 0.398 e. The van der Waals surface area contributed by atoms with E-state index in [4.69, 9.17) is 5.73 Å². The maximum Gasteiger partial charge on any atom is 0.255 e. The molecule has 1 fully saturated rings. The van der Waals surface area contributed by atoms with Crippen molar-refractivity contribution in [3.8, 4) is 0 Å². The van der Waals surface area contributed by atoms with Crippen LogP contribution in [-0.2, 0) is 6.54 Å². The molecule has 0 radical (unpaired) electrons. The van der Waals surface area contributed by atoms with Crippen molar-refractivity contribution in [2.75, 3.05) is 5.73 Å². The zero-order chi connectivity index (χ0) is 14.1. The summed E-state index contributed by atoms with van der Waals surface area (Å²) < 4.78 is 0. The maximum atomic E-state index is 12.7. The van der Waals surface area contributed by atoms with Gasteiger partial charge in [-0.25, -0.2) is 0 Å². The van der Waals surface area contributed by atoms with Gasteiger partial charge in [0.05, 0.1) is 5.56 Å². The van der Waals surface area contributed by atoms with Gasteiger partial charge >= 0.3 is 0 Å². The summed E-state index contributed by atoms with van der Waals surface area (Å²) in [5.41, 5.74) is 9.68. The number of amides is 1. The molecule has 104 valence electrons.